The van der Waals surface area contributed by atoms with Crippen LogP contribution in [-0.2, 0) is 9.47 Å². The Hall–Kier alpha value is -1.30. The van der Waals surface area contributed by atoms with Gasteiger partial charge in [-0.1, -0.05) is 85.0 Å². The molecule has 1 aliphatic rings. The number of hydrogen-bond donors (Lipinski definition) is 2. The molecule has 3 rings (SSSR count). The van der Waals surface area contributed by atoms with Gasteiger partial charge in [0, 0.05) is 7.16 Å². The molecule has 2 unspecified atom stereocenters. The fourth-order valence-corrected chi connectivity index (χ4v) is 4.43. The minimum atomic E-state index is -0.772. The molecular formula is C27H28I2O4. The average molecular weight is 670 g/mol. The van der Waals surface area contributed by atoms with E-state index in [1.165, 1.54) is 0 Å². The molecule has 0 aromatic heterocycles. The van der Waals surface area contributed by atoms with Crippen LogP contribution in [0.2, 0.25) is 0 Å². The van der Waals surface area contributed by atoms with Gasteiger partial charge in [0.25, 0.3) is 0 Å². The Morgan fingerprint density at radius 1 is 0.758 bits per heavy atom. The highest BCUT2D eigenvalue weighted by Gasteiger charge is 2.39. The quantitative estimate of drug-likeness (QED) is 0.325. The summed E-state index contributed by atoms with van der Waals surface area (Å²) in [6.45, 7) is 3.72. The molecule has 1 heterocycles. The van der Waals surface area contributed by atoms with Crippen molar-refractivity contribution in [3.63, 3.8) is 0 Å². The van der Waals surface area contributed by atoms with Gasteiger partial charge in [-0.15, -0.1) is 0 Å². The second kappa shape index (κ2) is 12.4. The van der Waals surface area contributed by atoms with Crippen LogP contribution >= 0.6 is 45.2 Å². The summed E-state index contributed by atoms with van der Waals surface area (Å²) >= 11 is 4.26. The lowest BCUT2D eigenvalue weighted by Crippen LogP contribution is -2.21. The van der Waals surface area contributed by atoms with Gasteiger partial charge in [-0.2, -0.15) is 0 Å². The van der Waals surface area contributed by atoms with Crippen molar-refractivity contribution in [1.29, 1.82) is 0 Å². The number of hydrogen-bond acceptors (Lipinski definition) is 4. The summed E-state index contributed by atoms with van der Waals surface area (Å²) in [4.78, 5) is 0. The molecule has 1 saturated heterocycles. The lowest BCUT2D eigenvalue weighted by atomic mass is 10.1. The molecule has 0 bridgehead atoms. The first-order valence-electron chi connectivity index (χ1n) is 10.7. The summed E-state index contributed by atoms with van der Waals surface area (Å²) in [5, 5.41) is 21.2. The molecule has 174 valence electrons. The van der Waals surface area contributed by atoms with E-state index < -0.39 is 18.0 Å². The summed E-state index contributed by atoms with van der Waals surface area (Å²) in [5.74, 6) is -0.772. The second-order valence-electron chi connectivity index (χ2n) is 8.10. The van der Waals surface area contributed by atoms with Crippen molar-refractivity contribution >= 4 is 57.3 Å². The van der Waals surface area contributed by atoms with Crippen LogP contribution in [-0.4, -0.2) is 40.4 Å². The van der Waals surface area contributed by atoms with Crippen LogP contribution < -0.4 is 0 Å². The van der Waals surface area contributed by atoms with Crippen LogP contribution in [0, 0.1) is 0 Å². The van der Waals surface area contributed by atoms with Crippen molar-refractivity contribution in [3.8, 4) is 0 Å². The van der Waals surface area contributed by atoms with E-state index in [2.05, 4.69) is 45.2 Å². The Bertz CT molecular complexity index is 931. The van der Waals surface area contributed by atoms with Crippen LogP contribution in [0.5, 0.6) is 0 Å². The first-order valence-corrected chi connectivity index (χ1v) is 12.8. The summed E-state index contributed by atoms with van der Waals surface area (Å²) < 4.78 is 13.6. The number of halogens is 2. The number of ether oxygens (including phenoxy) is 2. The molecule has 0 spiro atoms. The fourth-order valence-electron chi connectivity index (χ4n) is 3.30. The van der Waals surface area contributed by atoms with E-state index in [1.54, 1.807) is 12.2 Å². The molecule has 6 heteroatoms. The Balaban J connectivity index is 1.71. The van der Waals surface area contributed by atoms with E-state index in [1.807, 2.05) is 98.8 Å². The minimum Gasteiger partial charge on any atom is -0.384 e. The maximum absolute atomic E-state index is 10.6. The monoisotopic (exact) mass is 670 g/mol. The van der Waals surface area contributed by atoms with Gasteiger partial charge in [-0.05, 0) is 82.3 Å². The third kappa shape index (κ3) is 8.45. The molecule has 33 heavy (non-hydrogen) atoms. The van der Waals surface area contributed by atoms with Gasteiger partial charge in [0.05, 0.1) is 0 Å². The standard InChI is InChI=1S/C27H28I2O4/c1-27(2)32-25(17-21(28)23(30)15-13-19-9-5-3-6-10-19)26(33-27)18-22(29)24(31)16-14-20-11-7-4-8-12-20/h3-18,23-26,30-31H,1-2H3/b15-13+,16-14+,21-17-,22-18-/t23?,24?,25-,26-/m1/s1. The summed E-state index contributed by atoms with van der Waals surface area (Å²) in [7, 11) is 0. The zero-order valence-corrected chi connectivity index (χ0v) is 22.8. The molecule has 4 atom stereocenters. The van der Waals surface area contributed by atoms with E-state index >= 15 is 0 Å². The maximum Gasteiger partial charge on any atom is 0.164 e. The van der Waals surface area contributed by atoms with E-state index in [4.69, 9.17) is 9.47 Å². The number of aliphatic hydroxyl groups excluding tert-OH is 2. The van der Waals surface area contributed by atoms with Crippen molar-refractivity contribution in [1.82, 2.24) is 0 Å². The first-order chi connectivity index (χ1) is 15.7. The minimum absolute atomic E-state index is 0.387. The molecular weight excluding hydrogens is 642 g/mol. The van der Waals surface area contributed by atoms with Crippen LogP contribution in [0.3, 0.4) is 0 Å². The van der Waals surface area contributed by atoms with Crippen molar-refractivity contribution in [2.45, 2.75) is 44.1 Å². The topological polar surface area (TPSA) is 58.9 Å². The van der Waals surface area contributed by atoms with Gasteiger partial charge in [-0.25, -0.2) is 0 Å². The van der Waals surface area contributed by atoms with Crippen LogP contribution in [0.25, 0.3) is 12.2 Å². The number of rotatable bonds is 8. The third-order valence-corrected chi connectivity index (χ3v) is 6.91. The van der Waals surface area contributed by atoms with E-state index in [-0.39, 0.29) is 12.2 Å². The third-order valence-electron chi connectivity index (χ3n) is 4.92. The van der Waals surface area contributed by atoms with Gasteiger partial charge in [0.2, 0.25) is 0 Å². The molecule has 0 aliphatic carbocycles. The van der Waals surface area contributed by atoms with Crippen molar-refractivity contribution < 1.29 is 19.7 Å². The van der Waals surface area contributed by atoms with Crippen molar-refractivity contribution in [2.24, 2.45) is 0 Å². The van der Waals surface area contributed by atoms with Crippen molar-refractivity contribution in [3.05, 3.63) is 103 Å². The predicted molar refractivity (Wildman–Crippen MR) is 151 cm³/mol. The van der Waals surface area contributed by atoms with Gasteiger partial charge < -0.3 is 19.7 Å². The zero-order chi connectivity index (χ0) is 23.8. The van der Waals surface area contributed by atoms with E-state index in [9.17, 15) is 10.2 Å². The number of aliphatic hydroxyl groups is 2. The highest BCUT2D eigenvalue weighted by molar-refractivity contribution is 14.1. The highest BCUT2D eigenvalue weighted by atomic mass is 127. The molecule has 0 amide bonds. The largest absolute Gasteiger partial charge is 0.384 e. The van der Waals surface area contributed by atoms with Crippen LogP contribution in [0.1, 0.15) is 25.0 Å². The Morgan fingerprint density at radius 2 is 1.12 bits per heavy atom. The van der Waals surface area contributed by atoms with Crippen LogP contribution in [0.4, 0.5) is 0 Å². The second-order valence-corrected chi connectivity index (χ2v) is 10.6. The molecule has 1 fully saturated rings. The van der Waals surface area contributed by atoms with E-state index in [0.717, 1.165) is 18.3 Å². The fraction of sp³-hybridized carbons (Fsp3) is 0.259. The highest BCUT2D eigenvalue weighted by Crippen LogP contribution is 2.33. The molecule has 2 aromatic carbocycles. The lowest BCUT2D eigenvalue weighted by molar-refractivity contribution is -0.139. The molecule has 2 aromatic rings. The van der Waals surface area contributed by atoms with Gasteiger partial charge in [0.1, 0.15) is 24.4 Å². The molecule has 0 saturated carbocycles. The van der Waals surface area contributed by atoms with Gasteiger partial charge in [0.15, 0.2) is 5.79 Å². The molecule has 0 radical (unpaired) electrons. The SMILES string of the molecule is CC1(C)O[C@H](/C=C(\I)C(O)/C=C/c2ccccc2)[C@@H](/C=C(\I)C(O)/C=C/c2ccccc2)O1. The van der Waals surface area contributed by atoms with Gasteiger partial charge >= 0.3 is 0 Å². The first kappa shape index (κ1) is 26.3. The Labute approximate surface area is 223 Å². The van der Waals surface area contributed by atoms with Crippen LogP contribution in [0.15, 0.2) is 92.1 Å². The predicted octanol–water partition coefficient (Wildman–Crippen LogP) is 6.29. The molecule has 4 nitrogen and oxygen atoms in total. The molecule has 1 aliphatic heterocycles. The smallest absolute Gasteiger partial charge is 0.164 e. The Morgan fingerprint density at radius 3 is 1.48 bits per heavy atom. The average Bonchev–Trinajstić information content (AvgIpc) is 3.09. The zero-order valence-electron chi connectivity index (χ0n) is 18.5. The summed E-state index contributed by atoms with van der Waals surface area (Å²) in [6, 6.07) is 19.7. The maximum atomic E-state index is 10.6. The molecule has 2 N–H and O–H groups in total. The number of benzene rings is 2. The van der Waals surface area contributed by atoms with E-state index in [0.29, 0.717) is 0 Å². The summed E-state index contributed by atoms with van der Waals surface area (Å²) in [6.07, 6.45) is 8.78. The summed E-state index contributed by atoms with van der Waals surface area (Å²) in [5.41, 5.74) is 2.05. The van der Waals surface area contributed by atoms with Gasteiger partial charge in [-0.3, -0.25) is 0 Å². The lowest BCUT2D eigenvalue weighted by Gasteiger charge is -2.16. The van der Waals surface area contributed by atoms with Crippen molar-refractivity contribution in [2.75, 3.05) is 0 Å². The normalized spacial score (nSPS) is 23.3. The Kier molecular flexibility index (Phi) is 9.90.